The van der Waals surface area contributed by atoms with Gasteiger partial charge in [-0.1, -0.05) is 0 Å². The van der Waals surface area contributed by atoms with E-state index in [-0.39, 0.29) is 30.9 Å². The van der Waals surface area contributed by atoms with Gasteiger partial charge in [-0.05, 0) is 17.7 Å². The summed E-state index contributed by atoms with van der Waals surface area (Å²) in [5.41, 5.74) is 0.842. The molecule has 0 spiro atoms. The summed E-state index contributed by atoms with van der Waals surface area (Å²) in [6.45, 7) is 2.96. The average molecular weight is 371 g/mol. The molecule has 2 rings (SSSR count). The first-order valence-electron chi connectivity index (χ1n) is 7.05. The second-order valence-electron chi connectivity index (χ2n) is 4.91. The number of hydrogen-bond acceptors (Lipinski definition) is 5. The Kier molecular flexibility index (Phi) is 10.3. The third-order valence-corrected chi connectivity index (χ3v) is 3.81. The molecule has 134 valence electrons. The van der Waals surface area contributed by atoms with E-state index in [9.17, 15) is 4.39 Å². The van der Waals surface area contributed by atoms with Crippen molar-refractivity contribution in [3.8, 4) is 17.2 Å². The van der Waals surface area contributed by atoms with Crippen molar-refractivity contribution in [3.05, 3.63) is 17.7 Å². The minimum absolute atomic E-state index is 0. The summed E-state index contributed by atoms with van der Waals surface area (Å²) in [4.78, 5) is 2.14. The molecule has 0 saturated carbocycles. The molecule has 1 aromatic rings. The van der Waals surface area contributed by atoms with Crippen molar-refractivity contribution < 1.29 is 18.6 Å². The highest BCUT2D eigenvalue weighted by Gasteiger charge is 2.25. The van der Waals surface area contributed by atoms with Gasteiger partial charge in [-0.2, -0.15) is 0 Å². The molecule has 1 fully saturated rings. The van der Waals surface area contributed by atoms with Gasteiger partial charge in [0.1, 0.15) is 6.67 Å². The van der Waals surface area contributed by atoms with Crippen molar-refractivity contribution in [1.29, 1.82) is 0 Å². The van der Waals surface area contributed by atoms with Crippen LogP contribution in [0.4, 0.5) is 4.39 Å². The van der Waals surface area contributed by atoms with Gasteiger partial charge in [0.2, 0.25) is 5.75 Å². The van der Waals surface area contributed by atoms with Gasteiger partial charge in [0.15, 0.2) is 11.5 Å². The van der Waals surface area contributed by atoms with Gasteiger partial charge in [-0.15, -0.1) is 24.8 Å². The number of nitrogens with one attached hydrogen (secondary N) is 1. The standard InChI is InChI=1S/C15H23FN2O3.2ClH/c1-19-13-8-11(9-14(20-2)15(13)21-3)12(10-16)18-6-4-17-5-7-18;;/h8-9,12,17H,4-7,10H2,1-3H3;2*1H/t12-;;/m0../s1. The zero-order valence-corrected chi connectivity index (χ0v) is 15.3. The van der Waals surface area contributed by atoms with Gasteiger partial charge in [-0.3, -0.25) is 4.90 Å². The lowest BCUT2D eigenvalue weighted by molar-refractivity contribution is 0.147. The van der Waals surface area contributed by atoms with Gasteiger partial charge in [0, 0.05) is 26.2 Å². The minimum atomic E-state index is -0.446. The highest BCUT2D eigenvalue weighted by molar-refractivity contribution is 5.85. The molecule has 0 amide bonds. The summed E-state index contributed by atoms with van der Waals surface area (Å²) in [6, 6.07) is 3.36. The van der Waals surface area contributed by atoms with Crippen molar-refractivity contribution in [1.82, 2.24) is 10.2 Å². The molecule has 1 N–H and O–H groups in total. The van der Waals surface area contributed by atoms with Crippen LogP contribution in [0.5, 0.6) is 17.2 Å². The molecule has 1 aliphatic heterocycles. The van der Waals surface area contributed by atoms with Crippen molar-refractivity contribution in [2.24, 2.45) is 0 Å². The monoisotopic (exact) mass is 370 g/mol. The number of benzene rings is 1. The molecule has 1 aromatic carbocycles. The molecule has 8 heteroatoms. The molecular formula is C15H25Cl2FN2O3. The fourth-order valence-corrected chi connectivity index (χ4v) is 2.69. The number of halogens is 3. The Bertz CT molecular complexity index is 449. The molecule has 0 aliphatic carbocycles. The summed E-state index contributed by atoms with van der Waals surface area (Å²) in [5.74, 6) is 1.64. The molecule has 1 aliphatic rings. The van der Waals surface area contributed by atoms with Crippen molar-refractivity contribution >= 4 is 24.8 Å². The molecule has 1 heterocycles. The summed E-state index contributed by atoms with van der Waals surface area (Å²) >= 11 is 0. The molecule has 1 atom stereocenters. The van der Waals surface area contributed by atoms with Crippen LogP contribution in [-0.4, -0.2) is 59.1 Å². The first-order chi connectivity index (χ1) is 10.2. The average Bonchev–Trinajstić information content (AvgIpc) is 2.55. The molecule has 1 saturated heterocycles. The van der Waals surface area contributed by atoms with Gasteiger partial charge >= 0.3 is 0 Å². The molecule has 0 aromatic heterocycles. The Morgan fingerprint density at radius 1 is 1.04 bits per heavy atom. The van der Waals surface area contributed by atoms with Crippen LogP contribution >= 0.6 is 24.8 Å². The fraction of sp³-hybridized carbons (Fsp3) is 0.600. The summed E-state index contributed by atoms with van der Waals surface area (Å²) in [7, 11) is 4.69. The van der Waals surface area contributed by atoms with E-state index in [1.807, 2.05) is 12.1 Å². The van der Waals surface area contributed by atoms with Gasteiger partial charge in [0.05, 0.1) is 27.4 Å². The van der Waals surface area contributed by atoms with E-state index >= 15 is 0 Å². The molecule has 5 nitrogen and oxygen atoms in total. The predicted octanol–water partition coefficient (Wildman–Crippen LogP) is 2.47. The zero-order chi connectivity index (χ0) is 15.2. The number of hydrogen-bond donors (Lipinski definition) is 1. The van der Waals surface area contributed by atoms with Gasteiger partial charge in [-0.25, -0.2) is 4.39 Å². The number of ether oxygens (including phenoxy) is 3. The first kappa shape index (κ1) is 22.1. The Morgan fingerprint density at radius 3 is 1.96 bits per heavy atom. The lowest BCUT2D eigenvalue weighted by Gasteiger charge is -2.34. The van der Waals surface area contributed by atoms with E-state index in [4.69, 9.17) is 14.2 Å². The maximum Gasteiger partial charge on any atom is 0.203 e. The van der Waals surface area contributed by atoms with Crippen LogP contribution in [-0.2, 0) is 0 Å². The minimum Gasteiger partial charge on any atom is -0.493 e. The van der Waals surface area contributed by atoms with E-state index in [1.54, 1.807) is 21.3 Å². The second-order valence-corrected chi connectivity index (χ2v) is 4.91. The second kappa shape index (κ2) is 10.8. The SMILES string of the molecule is COc1cc([C@H](CF)N2CCNCC2)cc(OC)c1OC.Cl.Cl. The Labute approximate surface area is 149 Å². The molecule has 0 unspecified atom stereocenters. The van der Waals surface area contributed by atoms with Crippen LogP contribution in [0, 0.1) is 0 Å². The lowest BCUT2D eigenvalue weighted by atomic mass is 10.0. The number of rotatable bonds is 6. The Balaban J connectivity index is 0.00000242. The third-order valence-electron chi connectivity index (χ3n) is 3.81. The summed E-state index contributed by atoms with van der Waals surface area (Å²) in [6.07, 6.45) is 0. The van der Waals surface area contributed by atoms with Crippen molar-refractivity contribution in [3.63, 3.8) is 0 Å². The predicted molar refractivity (Wildman–Crippen MR) is 93.8 cm³/mol. The van der Waals surface area contributed by atoms with E-state index in [0.29, 0.717) is 17.2 Å². The number of piperazine rings is 1. The maximum absolute atomic E-state index is 13.6. The quantitative estimate of drug-likeness (QED) is 0.832. The Hall–Kier alpha value is -0.950. The number of methoxy groups -OCH3 is 3. The molecule has 0 radical (unpaired) electrons. The molecule has 23 heavy (non-hydrogen) atoms. The van der Waals surface area contributed by atoms with Crippen LogP contribution in [0.2, 0.25) is 0 Å². The molecule has 0 bridgehead atoms. The molecular weight excluding hydrogens is 346 g/mol. The largest absolute Gasteiger partial charge is 0.493 e. The van der Waals surface area contributed by atoms with Crippen LogP contribution in [0.25, 0.3) is 0 Å². The van der Waals surface area contributed by atoms with Gasteiger partial charge < -0.3 is 19.5 Å². The normalized spacial score (nSPS) is 15.8. The number of nitrogens with zero attached hydrogens (tertiary/aromatic N) is 1. The van der Waals surface area contributed by atoms with Crippen LogP contribution in [0.3, 0.4) is 0 Å². The Morgan fingerprint density at radius 2 is 1.57 bits per heavy atom. The van der Waals surface area contributed by atoms with E-state index in [2.05, 4.69) is 10.2 Å². The van der Waals surface area contributed by atoms with Crippen molar-refractivity contribution in [2.75, 3.05) is 54.2 Å². The maximum atomic E-state index is 13.6. The smallest absolute Gasteiger partial charge is 0.203 e. The summed E-state index contributed by atoms with van der Waals surface area (Å²) in [5, 5.41) is 3.27. The highest BCUT2D eigenvalue weighted by atomic mass is 35.5. The first-order valence-corrected chi connectivity index (χ1v) is 7.05. The zero-order valence-electron chi connectivity index (χ0n) is 13.6. The van der Waals surface area contributed by atoms with E-state index in [0.717, 1.165) is 31.7 Å². The van der Waals surface area contributed by atoms with Crippen LogP contribution in [0.1, 0.15) is 11.6 Å². The topological polar surface area (TPSA) is 43.0 Å². The number of alkyl halides is 1. The lowest BCUT2D eigenvalue weighted by Crippen LogP contribution is -2.45. The van der Waals surface area contributed by atoms with E-state index < -0.39 is 6.67 Å². The van der Waals surface area contributed by atoms with Crippen LogP contribution < -0.4 is 19.5 Å². The third kappa shape index (κ3) is 5.01. The van der Waals surface area contributed by atoms with Crippen LogP contribution in [0.15, 0.2) is 12.1 Å². The highest BCUT2D eigenvalue weighted by Crippen LogP contribution is 2.40. The fourth-order valence-electron chi connectivity index (χ4n) is 2.69. The van der Waals surface area contributed by atoms with E-state index in [1.165, 1.54) is 0 Å². The summed E-state index contributed by atoms with van der Waals surface area (Å²) < 4.78 is 29.6. The van der Waals surface area contributed by atoms with Crippen molar-refractivity contribution in [2.45, 2.75) is 6.04 Å². The van der Waals surface area contributed by atoms with Gasteiger partial charge in [0.25, 0.3) is 0 Å².